The van der Waals surface area contributed by atoms with Crippen molar-refractivity contribution in [1.82, 2.24) is 9.88 Å². The molecule has 0 spiro atoms. The molecule has 0 aliphatic carbocycles. The first-order valence-electron chi connectivity index (χ1n) is 10.7. The van der Waals surface area contributed by atoms with Crippen LogP contribution in [-0.4, -0.2) is 30.0 Å². The van der Waals surface area contributed by atoms with E-state index in [0.29, 0.717) is 13.0 Å². The highest BCUT2D eigenvalue weighted by Crippen LogP contribution is 2.42. The van der Waals surface area contributed by atoms with Crippen LogP contribution < -0.4 is 9.47 Å². The van der Waals surface area contributed by atoms with E-state index in [1.165, 1.54) is 0 Å². The molecule has 1 atom stereocenters. The fourth-order valence-electron chi connectivity index (χ4n) is 4.35. The van der Waals surface area contributed by atoms with Crippen molar-refractivity contribution in [2.24, 2.45) is 0 Å². The van der Waals surface area contributed by atoms with Crippen molar-refractivity contribution >= 4 is 5.91 Å². The van der Waals surface area contributed by atoms with Gasteiger partial charge in [0.2, 0.25) is 5.91 Å². The summed E-state index contributed by atoms with van der Waals surface area (Å²) in [5.41, 5.74) is 4.11. The molecule has 2 aromatic carbocycles. The summed E-state index contributed by atoms with van der Waals surface area (Å²) in [7, 11) is 3.32. The second kappa shape index (κ2) is 9.65. The second-order valence-corrected chi connectivity index (χ2v) is 7.81. The van der Waals surface area contributed by atoms with Crippen LogP contribution in [0.25, 0.3) is 11.1 Å². The Morgan fingerprint density at radius 3 is 2.39 bits per heavy atom. The predicted molar refractivity (Wildman–Crippen MR) is 121 cm³/mol. The molecule has 160 valence electrons. The molecule has 0 radical (unpaired) electrons. The lowest BCUT2D eigenvalue weighted by Gasteiger charge is -2.32. The summed E-state index contributed by atoms with van der Waals surface area (Å²) >= 11 is 0. The van der Waals surface area contributed by atoms with Crippen LogP contribution in [0.5, 0.6) is 11.5 Å². The van der Waals surface area contributed by atoms with Crippen molar-refractivity contribution in [3.63, 3.8) is 0 Å². The number of hydrogen-bond donors (Lipinski definition) is 0. The number of hydrogen-bond acceptors (Lipinski definition) is 4. The molecule has 31 heavy (non-hydrogen) atoms. The molecular weight excluding hydrogens is 388 g/mol. The second-order valence-electron chi connectivity index (χ2n) is 7.81. The Bertz CT molecular complexity index is 1010. The van der Waals surface area contributed by atoms with Crippen LogP contribution in [0.4, 0.5) is 0 Å². The lowest BCUT2D eigenvalue weighted by Crippen LogP contribution is -2.33. The number of methoxy groups -OCH3 is 2. The van der Waals surface area contributed by atoms with Gasteiger partial charge in [0.15, 0.2) is 0 Å². The average molecular weight is 417 g/mol. The maximum atomic E-state index is 13.2. The summed E-state index contributed by atoms with van der Waals surface area (Å²) in [6.45, 7) is 0.498. The smallest absolute Gasteiger partial charge is 0.223 e. The minimum Gasteiger partial charge on any atom is -0.496 e. The van der Waals surface area contributed by atoms with Gasteiger partial charge in [-0.05, 0) is 42.2 Å². The molecule has 1 aliphatic rings. The van der Waals surface area contributed by atoms with Crippen LogP contribution in [-0.2, 0) is 11.3 Å². The van der Waals surface area contributed by atoms with Gasteiger partial charge in [0.1, 0.15) is 11.5 Å². The maximum Gasteiger partial charge on any atom is 0.223 e. The number of benzene rings is 2. The van der Waals surface area contributed by atoms with Gasteiger partial charge in [-0.1, -0.05) is 42.8 Å². The standard InChI is InChI=1S/C26H28N2O3/c1-30-23-12-8-13-24(31-2)26(23)22-11-6-7-14-25(29)28(22)18-19-15-21(17-27-16-19)20-9-4-3-5-10-20/h3-5,8-10,12-13,15-17,22H,6-7,11,14,18H2,1-2H3. The zero-order valence-corrected chi connectivity index (χ0v) is 18.1. The Hall–Kier alpha value is -3.34. The van der Waals surface area contributed by atoms with E-state index in [1.54, 1.807) is 14.2 Å². The third kappa shape index (κ3) is 4.55. The molecular formula is C26H28N2O3. The van der Waals surface area contributed by atoms with E-state index in [0.717, 1.165) is 53.0 Å². The van der Waals surface area contributed by atoms with Gasteiger partial charge in [0, 0.05) is 30.9 Å². The first-order chi connectivity index (χ1) is 15.2. The van der Waals surface area contributed by atoms with Crippen molar-refractivity contribution in [3.8, 4) is 22.6 Å². The summed E-state index contributed by atoms with van der Waals surface area (Å²) in [5.74, 6) is 1.65. The molecule has 2 heterocycles. The lowest BCUT2D eigenvalue weighted by atomic mass is 9.97. The van der Waals surface area contributed by atoms with E-state index < -0.39 is 0 Å². The normalized spacial score (nSPS) is 16.6. The van der Waals surface area contributed by atoms with Crippen LogP contribution >= 0.6 is 0 Å². The average Bonchev–Trinajstić information content (AvgIpc) is 3.00. The molecule has 0 saturated carbocycles. The number of carbonyl (C=O) groups is 1. The van der Waals surface area contributed by atoms with Gasteiger partial charge >= 0.3 is 0 Å². The van der Waals surface area contributed by atoms with Crippen LogP contribution in [0.3, 0.4) is 0 Å². The highest BCUT2D eigenvalue weighted by molar-refractivity contribution is 5.77. The number of aromatic nitrogens is 1. The summed E-state index contributed by atoms with van der Waals surface area (Å²) < 4.78 is 11.3. The minimum atomic E-state index is -0.110. The minimum absolute atomic E-state index is 0.110. The van der Waals surface area contributed by atoms with Crippen LogP contribution in [0.2, 0.25) is 0 Å². The highest BCUT2D eigenvalue weighted by Gasteiger charge is 2.32. The highest BCUT2D eigenvalue weighted by atomic mass is 16.5. The lowest BCUT2D eigenvalue weighted by molar-refractivity contribution is -0.133. The van der Waals surface area contributed by atoms with Gasteiger partial charge in [-0.15, -0.1) is 0 Å². The summed E-state index contributed by atoms with van der Waals surface area (Å²) in [4.78, 5) is 19.6. The quantitative estimate of drug-likeness (QED) is 0.539. The molecule has 1 fully saturated rings. The van der Waals surface area contributed by atoms with Gasteiger partial charge in [0.05, 0.1) is 25.8 Å². The largest absolute Gasteiger partial charge is 0.496 e. The molecule has 1 saturated heterocycles. The van der Waals surface area contributed by atoms with E-state index in [-0.39, 0.29) is 11.9 Å². The van der Waals surface area contributed by atoms with Gasteiger partial charge in [-0.3, -0.25) is 9.78 Å². The predicted octanol–water partition coefficient (Wildman–Crippen LogP) is 5.41. The zero-order valence-electron chi connectivity index (χ0n) is 18.1. The molecule has 5 nitrogen and oxygen atoms in total. The first kappa shape index (κ1) is 20.9. The Balaban J connectivity index is 1.71. The van der Waals surface area contributed by atoms with Crippen molar-refractivity contribution in [3.05, 3.63) is 78.1 Å². The molecule has 1 aliphatic heterocycles. The number of ether oxygens (including phenoxy) is 2. The number of carbonyl (C=O) groups excluding carboxylic acids is 1. The molecule has 1 unspecified atom stereocenters. The monoisotopic (exact) mass is 416 g/mol. The van der Waals surface area contributed by atoms with Gasteiger partial charge < -0.3 is 14.4 Å². The van der Waals surface area contributed by atoms with Gasteiger partial charge in [0.25, 0.3) is 0 Å². The first-order valence-corrected chi connectivity index (χ1v) is 10.7. The maximum absolute atomic E-state index is 13.2. The van der Waals surface area contributed by atoms with Crippen LogP contribution in [0.15, 0.2) is 67.0 Å². The fourth-order valence-corrected chi connectivity index (χ4v) is 4.35. The summed E-state index contributed by atoms with van der Waals surface area (Å²) in [5, 5.41) is 0. The number of amides is 1. The van der Waals surface area contributed by atoms with E-state index in [4.69, 9.17) is 9.47 Å². The van der Waals surface area contributed by atoms with Crippen molar-refractivity contribution in [2.45, 2.75) is 38.3 Å². The molecule has 1 amide bonds. The van der Waals surface area contributed by atoms with Crippen molar-refractivity contribution in [1.29, 1.82) is 0 Å². The van der Waals surface area contributed by atoms with Crippen LogP contribution in [0.1, 0.15) is 42.9 Å². The SMILES string of the molecule is COc1cccc(OC)c1C1CCCCC(=O)N1Cc1cncc(-c2ccccc2)c1. The van der Waals surface area contributed by atoms with Gasteiger partial charge in [-0.25, -0.2) is 0 Å². The molecule has 1 aromatic heterocycles. The summed E-state index contributed by atoms with van der Waals surface area (Å²) in [6, 6.07) is 18.0. The number of likely N-dealkylation sites (tertiary alicyclic amines) is 1. The molecule has 0 bridgehead atoms. The Morgan fingerprint density at radius 2 is 1.68 bits per heavy atom. The zero-order chi connectivity index (χ0) is 21.6. The van der Waals surface area contributed by atoms with Crippen molar-refractivity contribution < 1.29 is 14.3 Å². The Kier molecular flexibility index (Phi) is 6.51. The fraction of sp³-hybridized carbons (Fsp3) is 0.308. The molecule has 3 aromatic rings. The topological polar surface area (TPSA) is 51.7 Å². The molecule has 4 rings (SSSR count). The van der Waals surface area contributed by atoms with Crippen molar-refractivity contribution in [2.75, 3.05) is 14.2 Å². The summed E-state index contributed by atoms with van der Waals surface area (Å²) in [6.07, 6.45) is 7.01. The number of pyridine rings is 1. The van der Waals surface area contributed by atoms with E-state index >= 15 is 0 Å². The van der Waals surface area contributed by atoms with E-state index in [9.17, 15) is 4.79 Å². The molecule has 5 heteroatoms. The third-order valence-electron chi connectivity index (χ3n) is 5.87. The van der Waals surface area contributed by atoms with E-state index in [1.807, 2.05) is 53.7 Å². The number of rotatable bonds is 6. The Morgan fingerprint density at radius 1 is 0.935 bits per heavy atom. The number of nitrogens with zero attached hydrogens (tertiary/aromatic N) is 2. The molecule has 0 N–H and O–H groups in total. The van der Waals surface area contributed by atoms with Crippen LogP contribution in [0, 0.1) is 0 Å². The third-order valence-corrected chi connectivity index (χ3v) is 5.87. The van der Waals surface area contributed by atoms with Gasteiger partial charge in [-0.2, -0.15) is 0 Å². The Labute approximate surface area is 183 Å². The van der Waals surface area contributed by atoms with E-state index in [2.05, 4.69) is 23.2 Å².